The van der Waals surface area contributed by atoms with Gasteiger partial charge in [-0.25, -0.2) is 0 Å². The number of aromatic hydroxyl groups is 1. The van der Waals surface area contributed by atoms with Gasteiger partial charge >= 0.3 is 0 Å². The lowest BCUT2D eigenvalue weighted by atomic mass is 10.1. The Kier molecular flexibility index (Phi) is 4.26. The zero-order valence-corrected chi connectivity index (χ0v) is 14.5. The molecule has 3 nitrogen and oxygen atoms in total. The standard InChI is InChI=1S/C21H22N2O/c1-14-9-15(2)11-20(10-14)23-16(3)12-18(17(23)4)13-22-19-5-7-21(24)8-6-19/h5-13,24H,1-4H3. The van der Waals surface area contributed by atoms with E-state index in [1.807, 2.05) is 6.21 Å². The second kappa shape index (κ2) is 6.36. The lowest BCUT2D eigenvalue weighted by Gasteiger charge is -2.11. The fraction of sp³-hybridized carbons (Fsp3) is 0.190. The van der Waals surface area contributed by atoms with E-state index in [-0.39, 0.29) is 5.75 Å². The van der Waals surface area contributed by atoms with Gasteiger partial charge in [-0.2, -0.15) is 0 Å². The van der Waals surface area contributed by atoms with Crippen molar-refractivity contribution in [2.75, 3.05) is 0 Å². The van der Waals surface area contributed by atoms with Gasteiger partial charge in [0, 0.05) is 28.9 Å². The monoisotopic (exact) mass is 318 g/mol. The number of hydrogen-bond acceptors (Lipinski definition) is 2. The van der Waals surface area contributed by atoms with Crippen LogP contribution in [0.5, 0.6) is 5.75 Å². The smallest absolute Gasteiger partial charge is 0.115 e. The highest BCUT2D eigenvalue weighted by atomic mass is 16.3. The van der Waals surface area contributed by atoms with Gasteiger partial charge in [0.25, 0.3) is 0 Å². The number of aromatic nitrogens is 1. The molecule has 3 rings (SSSR count). The molecule has 1 N–H and O–H groups in total. The zero-order chi connectivity index (χ0) is 17.3. The van der Waals surface area contributed by atoms with Gasteiger partial charge in [0.2, 0.25) is 0 Å². The molecule has 2 aromatic carbocycles. The summed E-state index contributed by atoms with van der Waals surface area (Å²) in [6, 6.07) is 15.6. The summed E-state index contributed by atoms with van der Waals surface area (Å²) in [5.41, 5.74) is 7.98. The zero-order valence-electron chi connectivity index (χ0n) is 14.5. The first-order valence-corrected chi connectivity index (χ1v) is 8.05. The summed E-state index contributed by atoms with van der Waals surface area (Å²) in [4.78, 5) is 4.51. The van der Waals surface area contributed by atoms with Gasteiger partial charge in [-0.3, -0.25) is 4.99 Å². The van der Waals surface area contributed by atoms with Gasteiger partial charge in [-0.15, -0.1) is 0 Å². The topological polar surface area (TPSA) is 37.5 Å². The first kappa shape index (κ1) is 16.1. The summed E-state index contributed by atoms with van der Waals surface area (Å²) in [6.45, 7) is 8.47. The van der Waals surface area contributed by atoms with Crippen LogP contribution in [0.15, 0.2) is 53.5 Å². The maximum atomic E-state index is 9.34. The molecule has 0 bridgehead atoms. The minimum absolute atomic E-state index is 0.252. The summed E-state index contributed by atoms with van der Waals surface area (Å²) in [5.74, 6) is 0.252. The number of aryl methyl sites for hydroxylation is 3. The van der Waals surface area contributed by atoms with E-state index in [0.717, 1.165) is 11.3 Å². The van der Waals surface area contributed by atoms with Crippen molar-refractivity contribution in [3.05, 3.63) is 76.6 Å². The third-order valence-corrected chi connectivity index (χ3v) is 4.14. The van der Waals surface area contributed by atoms with Crippen LogP contribution in [0.1, 0.15) is 28.1 Å². The van der Waals surface area contributed by atoms with Crippen LogP contribution in [0.3, 0.4) is 0 Å². The van der Waals surface area contributed by atoms with E-state index in [1.54, 1.807) is 24.3 Å². The van der Waals surface area contributed by atoms with E-state index in [4.69, 9.17) is 0 Å². The molecule has 0 saturated carbocycles. The van der Waals surface area contributed by atoms with Crippen molar-refractivity contribution in [3.63, 3.8) is 0 Å². The van der Waals surface area contributed by atoms with Crippen LogP contribution in [0.2, 0.25) is 0 Å². The highest BCUT2D eigenvalue weighted by Gasteiger charge is 2.10. The maximum Gasteiger partial charge on any atom is 0.115 e. The van der Waals surface area contributed by atoms with Crippen molar-refractivity contribution in [2.45, 2.75) is 27.7 Å². The molecule has 0 fully saturated rings. The Hall–Kier alpha value is -2.81. The van der Waals surface area contributed by atoms with Crippen LogP contribution in [-0.4, -0.2) is 15.9 Å². The molecule has 24 heavy (non-hydrogen) atoms. The maximum absolute atomic E-state index is 9.34. The number of phenols is 1. The molecule has 3 heteroatoms. The lowest BCUT2D eigenvalue weighted by Crippen LogP contribution is -2.00. The molecule has 0 aliphatic rings. The third-order valence-electron chi connectivity index (χ3n) is 4.14. The normalized spacial score (nSPS) is 11.3. The van der Waals surface area contributed by atoms with E-state index >= 15 is 0 Å². The average Bonchev–Trinajstić information content (AvgIpc) is 2.80. The molecular formula is C21H22N2O. The average molecular weight is 318 g/mol. The Morgan fingerprint density at radius 3 is 2.12 bits per heavy atom. The predicted molar refractivity (Wildman–Crippen MR) is 100 cm³/mol. The predicted octanol–water partition coefficient (Wildman–Crippen LogP) is 5.17. The minimum Gasteiger partial charge on any atom is -0.508 e. The molecule has 0 aliphatic carbocycles. The van der Waals surface area contributed by atoms with Crippen LogP contribution in [0, 0.1) is 27.7 Å². The number of benzene rings is 2. The molecule has 1 heterocycles. The van der Waals surface area contributed by atoms with Gasteiger partial charge in [0.1, 0.15) is 5.75 Å². The Balaban J connectivity index is 1.98. The molecule has 0 aliphatic heterocycles. The highest BCUT2D eigenvalue weighted by Crippen LogP contribution is 2.23. The van der Waals surface area contributed by atoms with Crippen molar-refractivity contribution in [1.82, 2.24) is 4.57 Å². The summed E-state index contributed by atoms with van der Waals surface area (Å²) >= 11 is 0. The Labute approximate surface area is 142 Å². The van der Waals surface area contributed by atoms with Crippen LogP contribution < -0.4 is 0 Å². The quantitative estimate of drug-likeness (QED) is 0.665. The number of phenolic OH excluding ortho intramolecular Hbond substituents is 1. The molecule has 0 radical (unpaired) electrons. The summed E-state index contributed by atoms with van der Waals surface area (Å²) < 4.78 is 2.26. The lowest BCUT2D eigenvalue weighted by molar-refractivity contribution is 0.475. The molecule has 0 unspecified atom stereocenters. The fourth-order valence-electron chi connectivity index (χ4n) is 3.08. The summed E-state index contributed by atoms with van der Waals surface area (Å²) in [6.07, 6.45) is 1.88. The van der Waals surface area contributed by atoms with E-state index < -0.39 is 0 Å². The van der Waals surface area contributed by atoms with E-state index in [9.17, 15) is 5.11 Å². The van der Waals surface area contributed by atoms with Gasteiger partial charge in [-0.1, -0.05) is 6.07 Å². The first-order valence-electron chi connectivity index (χ1n) is 8.05. The van der Waals surface area contributed by atoms with Gasteiger partial charge in [0.15, 0.2) is 0 Å². The first-order chi connectivity index (χ1) is 11.4. The SMILES string of the molecule is Cc1cc(C)cc(-n2c(C)cc(C=Nc3ccc(O)cc3)c2C)c1. The van der Waals surface area contributed by atoms with E-state index in [2.05, 4.69) is 61.5 Å². The van der Waals surface area contributed by atoms with Crippen LogP contribution in [0.4, 0.5) is 5.69 Å². The van der Waals surface area contributed by atoms with E-state index in [0.29, 0.717) is 0 Å². The van der Waals surface area contributed by atoms with Gasteiger partial charge in [0.05, 0.1) is 5.69 Å². The Bertz CT molecular complexity index is 882. The van der Waals surface area contributed by atoms with Crippen molar-refractivity contribution in [2.24, 2.45) is 4.99 Å². The molecule has 0 atom stereocenters. The molecule has 3 aromatic rings. The number of aliphatic imine (C=N–C) groups is 1. The number of rotatable bonds is 3. The van der Waals surface area contributed by atoms with Gasteiger partial charge < -0.3 is 9.67 Å². The van der Waals surface area contributed by atoms with Crippen LogP contribution >= 0.6 is 0 Å². The molecule has 1 aromatic heterocycles. The Morgan fingerprint density at radius 2 is 1.50 bits per heavy atom. The molecular weight excluding hydrogens is 296 g/mol. The number of nitrogens with zero attached hydrogens (tertiary/aromatic N) is 2. The van der Waals surface area contributed by atoms with Crippen molar-refractivity contribution in [1.29, 1.82) is 0 Å². The van der Waals surface area contributed by atoms with Crippen molar-refractivity contribution >= 4 is 11.9 Å². The second-order valence-electron chi connectivity index (χ2n) is 6.28. The van der Waals surface area contributed by atoms with Crippen LogP contribution in [0.25, 0.3) is 5.69 Å². The van der Waals surface area contributed by atoms with Crippen molar-refractivity contribution < 1.29 is 5.11 Å². The largest absolute Gasteiger partial charge is 0.508 e. The second-order valence-corrected chi connectivity index (χ2v) is 6.28. The number of hydrogen-bond donors (Lipinski definition) is 1. The minimum atomic E-state index is 0.252. The van der Waals surface area contributed by atoms with Crippen molar-refractivity contribution in [3.8, 4) is 11.4 Å². The Morgan fingerprint density at radius 1 is 0.875 bits per heavy atom. The third kappa shape index (κ3) is 3.25. The molecule has 122 valence electrons. The highest BCUT2D eigenvalue weighted by molar-refractivity contribution is 5.84. The summed E-state index contributed by atoms with van der Waals surface area (Å²) in [7, 11) is 0. The van der Waals surface area contributed by atoms with Crippen LogP contribution in [-0.2, 0) is 0 Å². The van der Waals surface area contributed by atoms with Gasteiger partial charge in [-0.05, 0) is 81.3 Å². The van der Waals surface area contributed by atoms with E-state index in [1.165, 1.54) is 28.2 Å². The fourth-order valence-corrected chi connectivity index (χ4v) is 3.08. The molecule has 0 saturated heterocycles. The molecule has 0 spiro atoms. The molecule has 0 amide bonds. The summed E-state index contributed by atoms with van der Waals surface area (Å²) in [5, 5.41) is 9.34.